The van der Waals surface area contributed by atoms with Crippen molar-refractivity contribution < 1.29 is 32.7 Å². The molecule has 0 bridgehead atoms. The minimum absolute atomic E-state index is 0.144. The van der Waals surface area contributed by atoms with Gasteiger partial charge in [0.05, 0.1) is 28.8 Å². The fourth-order valence-electron chi connectivity index (χ4n) is 5.19. The SMILES string of the molecule is O=C(O)Cc1ccc(-c2[nH]cc(C(=O)c3ccccc3-c3ccc(C(F)(F)F)cc3)c2C(=O)N2CCCCC2)cc1. The van der Waals surface area contributed by atoms with E-state index < -0.39 is 23.5 Å². The summed E-state index contributed by atoms with van der Waals surface area (Å²) in [5, 5.41) is 9.10. The Morgan fingerprint density at radius 3 is 2.07 bits per heavy atom. The number of nitrogens with zero attached hydrogens (tertiary/aromatic N) is 1. The number of likely N-dealkylation sites (tertiary alicyclic amines) is 1. The first kappa shape index (κ1) is 27.9. The highest BCUT2D eigenvalue weighted by Gasteiger charge is 2.31. The van der Waals surface area contributed by atoms with Gasteiger partial charge in [0.25, 0.3) is 5.91 Å². The number of hydrogen-bond acceptors (Lipinski definition) is 3. The van der Waals surface area contributed by atoms with Crippen LogP contribution in [0.4, 0.5) is 13.2 Å². The van der Waals surface area contributed by atoms with Crippen molar-refractivity contribution in [3.8, 4) is 22.4 Å². The van der Waals surface area contributed by atoms with Gasteiger partial charge in [0.15, 0.2) is 5.78 Å². The fourth-order valence-corrected chi connectivity index (χ4v) is 5.19. The Morgan fingerprint density at radius 1 is 0.805 bits per heavy atom. The number of alkyl halides is 3. The summed E-state index contributed by atoms with van der Waals surface area (Å²) in [5.74, 6) is -1.69. The Bertz CT molecular complexity index is 1580. The zero-order valence-electron chi connectivity index (χ0n) is 22.0. The summed E-state index contributed by atoms with van der Waals surface area (Å²) in [5.41, 5.74) is 2.38. The van der Waals surface area contributed by atoms with E-state index in [0.29, 0.717) is 41.0 Å². The molecule has 0 atom stereocenters. The number of H-pyrrole nitrogens is 1. The van der Waals surface area contributed by atoms with Crippen molar-refractivity contribution >= 4 is 17.7 Å². The lowest BCUT2D eigenvalue weighted by Gasteiger charge is -2.27. The highest BCUT2D eigenvalue weighted by atomic mass is 19.4. The van der Waals surface area contributed by atoms with E-state index in [2.05, 4.69) is 4.98 Å². The zero-order chi connectivity index (χ0) is 29.1. The van der Waals surface area contributed by atoms with Crippen LogP contribution in [0.1, 0.15) is 56.7 Å². The van der Waals surface area contributed by atoms with Crippen molar-refractivity contribution in [3.05, 3.63) is 107 Å². The van der Waals surface area contributed by atoms with E-state index in [1.807, 2.05) is 0 Å². The number of ketones is 1. The Morgan fingerprint density at radius 2 is 1.44 bits per heavy atom. The van der Waals surface area contributed by atoms with Crippen LogP contribution in [0.15, 0.2) is 79.0 Å². The number of piperidine rings is 1. The van der Waals surface area contributed by atoms with Gasteiger partial charge in [-0.15, -0.1) is 0 Å². The molecule has 1 aliphatic rings. The first-order valence-electron chi connectivity index (χ1n) is 13.3. The molecule has 6 nitrogen and oxygen atoms in total. The summed E-state index contributed by atoms with van der Waals surface area (Å²) in [6, 6.07) is 18.0. The highest BCUT2D eigenvalue weighted by molar-refractivity contribution is 6.19. The van der Waals surface area contributed by atoms with Crippen molar-refractivity contribution in [2.75, 3.05) is 13.1 Å². The molecule has 0 aliphatic carbocycles. The number of benzene rings is 3. The molecule has 9 heteroatoms. The molecule has 1 aromatic heterocycles. The number of rotatable bonds is 7. The maximum Gasteiger partial charge on any atom is 0.416 e. The Labute approximate surface area is 234 Å². The number of halogens is 3. The van der Waals surface area contributed by atoms with Crippen molar-refractivity contribution in [2.45, 2.75) is 31.9 Å². The molecule has 2 N–H and O–H groups in total. The third-order valence-electron chi connectivity index (χ3n) is 7.27. The van der Waals surface area contributed by atoms with Crippen molar-refractivity contribution in [1.29, 1.82) is 0 Å². The standard InChI is InChI=1S/C32H27F3N2O4/c33-32(34,35)23-14-12-21(13-15-23)24-6-2-3-7-25(24)30(40)26-19-36-29(22-10-8-20(9-11-22)18-27(38)39)28(26)31(41)37-16-4-1-5-17-37/h2-3,6-15,19,36H,1,4-5,16-18H2,(H,38,39). The quantitative estimate of drug-likeness (QED) is 0.242. The van der Waals surface area contributed by atoms with Gasteiger partial charge >= 0.3 is 12.1 Å². The molecule has 2 heterocycles. The smallest absolute Gasteiger partial charge is 0.416 e. The van der Waals surface area contributed by atoms with E-state index in [1.54, 1.807) is 53.4 Å². The second-order valence-electron chi connectivity index (χ2n) is 10.0. The van der Waals surface area contributed by atoms with Gasteiger partial charge in [-0.05, 0) is 53.6 Å². The Kier molecular flexibility index (Phi) is 7.79. The highest BCUT2D eigenvalue weighted by Crippen LogP contribution is 2.34. The van der Waals surface area contributed by atoms with Crippen molar-refractivity contribution in [3.63, 3.8) is 0 Å². The van der Waals surface area contributed by atoms with E-state index in [4.69, 9.17) is 5.11 Å². The number of carbonyl (C=O) groups is 3. The number of carboxylic acids is 1. The van der Waals surface area contributed by atoms with Crippen molar-refractivity contribution in [1.82, 2.24) is 9.88 Å². The molecule has 210 valence electrons. The largest absolute Gasteiger partial charge is 0.481 e. The molecular formula is C32H27F3N2O4. The number of carbonyl (C=O) groups excluding carboxylic acids is 2. The molecule has 1 aliphatic heterocycles. The van der Waals surface area contributed by atoms with Crippen LogP contribution >= 0.6 is 0 Å². The van der Waals surface area contributed by atoms with Crippen LogP contribution in [0, 0.1) is 0 Å². The molecule has 1 fully saturated rings. The van der Waals surface area contributed by atoms with Gasteiger partial charge in [0.1, 0.15) is 0 Å². The normalized spacial score (nSPS) is 13.7. The number of aromatic amines is 1. The number of nitrogens with one attached hydrogen (secondary N) is 1. The van der Waals surface area contributed by atoms with Gasteiger partial charge in [-0.3, -0.25) is 14.4 Å². The summed E-state index contributed by atoms with van der Waals surface area (Å²) in [4.78, 5) is 43.9. The van der Waals surface area contributed by atoms with Gasteiger partial charge in [-0.2, -0.15) is 13.2 Å². The summed E-state index contributed by atoms with van der Waals surface area (Å²) in [6.45, 7) is 1.13. The predicted octanol–water partition coefficient (Wildman–Crippen LogP) is 6.85. The monoisotopic (exact) mass is 560 g/mol. The number of aromatic nitrogens is 1. The van der Waals surface area contributed by atoms with Crippen LogP contribution in [-0.4, -0.2) is 45.7 Å². The molecule has 5 rings (SSSR count). The van der Waals surface area contributed by atoms with Crippen LogP contribution < -0.4 is 0 Å². The van der Waals surface area contributed by atoms with E-state index in [0.717, 1.165) is 31.4 Å². The van der Waals surface area contributed by atoms with Crippen LogP contribution in [0.2, 0.25) is 0 Å². The molecule has 4 aromatic rings. The maximum atomic E-state index is 14.1. The van der Waals surface area contributed by atoms with E-state index >= 15 is 0 Å². The Hall–Kier alpha value is -4.66. The minimum Gasteiger partial charge on any atom is -0.481 e. The van der Waals surface area contributed by atoms with Gasteiger partial charge in [-0.25, -0.2) is 0 Å². The molecular weight excluding hydrogens is 533 g/mol. The molecule has 1 amide bonds. The Balaban J connectivity index is 1.57. The van der Waals surface area contributed by atoms with Crippen LogP contribution in [-0.2, 0) is 17.4 Å². The summed E-state index contributed by atoms with van der Waals surface area (Å²) >= 11 is 0. The summed E-state index contributed by atoms with van der Waals surface area (Å²) < 4.78 is 39.4. The van der Waals surface area contributed by atoms with Crippen LogP contribution in [0.5, 0.6) is 0 Å². The first-order chi connectivity index (χ1) is 19.6. The third-order valence-corrected chi connectivity index (χ3v) is 7.27. The van der Waals surface area contributed by atoms with E-state index in [-0.39, 0.29) is 29.0 Å². The second-order valence-corrected chi connectivity index (χ2v) is 10.0. The lowest BCUT2D eigenvalue weighted by atomic mass is 9.91. The molecule has 0 radical (unpaired) electrons. The molecule has 0 unspecified atom stereocenters. The first-order valence-corrected chi connectivity index (χ1v) is 13.3. The molecule has 0 spiro atoms. The van der Waals surface area contributed by atoms with E-state index in [9.17, 15) is 27.6 Å². The van der Waals surface area contributed by atoms with Gasteiger partial charge in [0.2, 0.25) is 0 Å². The molecule has 3 aromatic carbocycles. The number of aliphatic carboxylic acids is 1. The lowest BCUT2D eigenvalue weighted by molar-refractivity contribution is -0.138. The van der Waals surface area contributed by atoms with E-state index in [1.165, 1.54) is 18.3 Å². The molecule has 41 heavy (non-hydrogen) atoms. The summed E-state index contributed by atoms with van der Waals surface area (Å²) in [7, 11) is 0. The second kappa shape index (κ2) is 11.4. The molecule has 1 saturated heterocycles. The van der Waals surface area contributed by atoms with Gasteiger partial charge in [-0.1, -0.05) is 60.7 Å². The van der Waals surface area contributed by atoms with Crippen LogP contribution in [0.3, 0.4) is 0 Å². The average Bonchev–Trinajstić information content (AvgIpc) is 3.42. The minimum atomic E-state index is -4.48. The van der Waals surface area contributed by atoms with Gasteiger partial charge < -0.3 is 15.0 Å². The summed E-state index contributed by atoms with van der Waals surface area (Å²) in [6.07, 6.45) is -0.407. The maximum absolute atomic E-state index is 14.1. The average molecular weight is 561 g/mol. The van der Waals surface area contributed by atoms with Crippen molar-refractivity contribution in [2.24, 2.45) is 0 Å². The fraction of sp³-hybridized carbons (Fsp3) is 0.219. The number of hydrogen-bond donors (Lipinski definition) is 2. The zero-order valence-corrected chi connectivity index (χ0v) is 22.0. The number of carboxylic acid groups (broad SMARTS) is 1. The van der Waals surface area contributed by atoms with Gasteiger partial charge in [0, 0.05) is 24.8 Å². The topological polar surface area (TPSA) is 90.5 Å². The lowest BCUT2D eigenvalue weighted by Crippen LogP contribution is -2.36. The third kappa shape index (κ3) is 5.94. The predicted molar refractivity (Wildman–Crippen MR) is 148 cm³/mol. The van der Waals surface area contributed by atoms with Crippen LogP contribution in [0.25, 0.3) is 22.4 Å². The number of amides is 1. The molecule has 0 saturated carbocycles.